The Morgan fingerprint density at radius 1 is 1.25 bits per heavy atom. The van der Waals surface area contributed by atoms with Gasteiger partial charge in [-0.1, -0.05) is 25.7 Å². The molecule has 1 unspecified atom stereocenters. The quantitative estimate of drug-likeness (QED) is 0.853. The van der Waals surface area contributed by atoms with Gasteiger partial charge in [-0.25, -0.2) is 0 Å². The number of rotatable bonds is 4. The van der Waals surface area contributed by atoms with Gasteiger partial charge in [0.05, 0.1) is 6.10 Å². The number of nitrogens with zero attached hydrogens (tertiary/aromatic N) is 2. The Balaban J connectivity index is 2.13. The minimum Gasteiger partial charge on any atom is -0.391 e. The molecule has 0 aliphatic heterocycles. The number of halogens is 1. The number of hydrogen-bond acceptors (Lipinski definition) is 3. The van der Waals surface area contributed by atoms with Gasteiger partial charge in [0.15, 0.2) is 0 Å². The highest BCUT2D eigenvalue weighted by Crippen LogP contribution is 2.35. The van der Waals surface area contributed by atoms with Crippen molar-refractivity contribution in [3.05, 3.63) is 28.5 Å². The summed E-state index contributed by atoms with van der Waals surface area (Å²) < 4.78 is 0.979. The molecule has 0 saturated heterocycles. The normalized spacial score (nSPS) is 20.6. The first-order chi connectivity index (χ1) is 9.54. The Kier molecular flexibility index (Phi) is 5.58. The van der Waals surface area contributed by atoms with Crippen molar-refractivity contribution >= 4 is 15.9 Å². The van der Waals surface area contributed by atoms with Gasteiger partial charge < -0.3 is 10.0 Å². The van der Waals surface area contributed by atoms with Gasteiger partial charge in [-0.2, -0.15) is 0 Å². The van der Waals surface area contributed by atoms with Crippen LogP contribution in [-0.2, 0) is 6.42 Å². The van der Waals surface area contributed by atoms with Crippen LogP contribution in [0.4, 0.5) is 0 Å². The van der Waals surface area contributed by atoms with E-state index in [-0.39, 0.29) is 11.6 Å². The fraction of sp³-hybridized carbons (Fsp3) is 0.688. The molecule has 1 aliphatic carbocycles. The fourth-order valence-corrected chi connectivity index (χ4v) is 3.57. The molecule has 0 amide bonds. The molecule has 4 heteroatoms. The van der Waals surface area contributed by atoms with Gasteiger partial charge in [-0.3, -0.25) is 4.98 Å². The van der Waals surface area contributed by atoms with Crippen molar-refractivity contribution in [3.63, 3.8) is 0 Å². The topological polar surface area (TPSA) is 36.4 Å². The molecule has 1 saturated carbocycles. The third-order valence-corrected chi connectivity index (χ3v) is 5.14. The Morgan fingerprint density at radius 2 is 1.90 bits per heavy atom. The minimum absolute atomic E-state index is 0.0920. The molecule has 1 heterocycles. The first kappa shape index (κ1) is 15.9. The van der Waals surface area contributed by atoms with Crippen LogP contribution in [-0.4, -0.2) is 40.7 Å². The molecule has 1 fully saturated rings. The molecule has 1 N–H and O–H groups in total. The van der Waals surface area contributed by atoms with Crippen LogP contribution in [0.3, 0.4) is 0 Å². The zero-order valence-corrected chi connectivity index (χ0v) is 14.1. The van der Waals surface area contributed by atoms with E-state index in [1.807, 2.05) is 12.1 Å². The van der Waals surface area contributed by atoms with E-state index in [1.54, 1.807) is 6.20 Å². The number of aromatic nitrogens is 1. The van der Waals surface area contributed by atoms with Crippen LogP contribution in [0.5, 0.6) is 0 Å². The molecule has 0 aromatic carbocycles. The van der Waals surface area contributed by atoms with E-state index in [0.717, 1.165) is 23.0 Å². The van der Waals surface area contributed by atoms with Gasteiger partial charge in [-0.05, 0) is 55.0 Å². The van der Waals surface area contributed by atoms with Crippen molar-refractivity contribution in [2.45, 2.75) is 56.6 Å². The largest absolute Gasteiger partial charge is 0.391 e. The van der Waals surface area contributed by atoms with Gasteiger partial charge >= 0.3 is 0 Å². The number of hydrogen-bond donors (Lipinski definition) is 1. The predicted molar refractivity (Wildman–Crippen MR) is 85.8 cm³/mol. The first-order valence-electron chi connectivity index (χ1n) is 7.50. The monoisotopic (exact) mass is 340 g/mol. The molecule has 1 aromatic heterocycles. The van der Waals surface area contributed by atoms with Crippen LogP contribution in [0.1, 0.15) is 44.2 Å². The summed E-state index contributed by atoms with van der Waals surface area (Å²) in [6, 6.07) is 3.98. The number of aliphatic hydroxyl groups is 1. The average Bonchev–Trinajstić information content (AvgIpc) is 2.68. The maximum absolute atomic E-state index is 10.8. The Hall–Kier alpha value is -0.450. The smallest absolute Gasteiger partial charge is 0.0778 e. The Morgan fingerprint density at radius 3 is 2.40 bits per heavy atom. The van der Waals surface area contributed by atoms with E-state index in [9.17, 15) is 5.11 Å². The summed E-state index contributed by atoms with van der Waals surface area (Å²) in [5.41, 5.74) is 0.872. The lowest BCUT2D eigenvalue weighted by atomic mass is 9.81. The van der Waals surface area contributed by atoms with Gasteiger partial charge in [0.25, 0.3) is 0 Å². The number of likely N-dealkylation sites (N-methyl/N-ethyl adjacent to an activating group) is 1. The molecule has 1 atom stereocenters. The van der Waals surface area contributed by atoms with Gasteiger partial charge in [-0.15, -0.1) is 0 Å². The van der Waals surface area contributed by atoms with Crippen molar-refractivity contribution < 1.29 is 5.11 Å². The zero-order chi connectivity index (χ0) is 14.6. The summed E-state index contributed by atoms with van der Waals surface area (Å²) in [5, 5.41) is 10.8. The SMILES string of the molecule is CN(C)C1(C(O)Cc2ccc(Br)cn2)CCCCCC1. The second-order valence-electron chi connectivity index (χ2n) is 6.10. The van der Waals surface area contributed by atoms with E-state index in [2.05, 4.69) is 39.9 Å². The standard InChI is InChI=1S/C16H25BrN2O/c1-19(2)16(9-5-3-4-6-10-16)15(20)11-14-8-7-13(17)12-18-14/h7-8,12,15,20H,3-6,9-11H2,1-2H3. The molecule has 20 heavy (non-hydrogen) atoms. The molecule has 0 bridgehead atoms. The molecule has 3 nitrogen and oxygen atoms in total. The van der Waals surface area contributed by atoms with Gasteiger partial charge in [0.2, 0.25) is 0 Å². The zero-order valence-electron chi connectivity index (χ0n) is 12.5. The maximum Gasteiger partial charge on any atom is 0.0778 e. The summed E-state index contributed by atoms with van der Waals surface area (Å²) in [5.74, 6) is 0. The van der Waals surface area contributed by atoms with Crippen molar-refractivity contribution in [1.82, 2.24) is 9.88 Å². The second kappa shape index (κ2) is 7.01. The number of pyridine rings is 1. The molecule has 1 aromatic rings. The molecule has 0 radical (unpaired) electrons. The summed E-state index contributed by atoms with van der Waals surface area (Å²) in [6.07, 6.45) is 9.24. The third kappa shape index (κ3) is 3.60. The van der Waals surface area contributed by atoms with Crippen molar-refractivity contribution in [1.29, 1.82) is 0 Å². The molecule has 1 aliphatic rings. The fourth-order valence-electron chi connectivity index (χ4n) is 3.33. The first-order valence-corrected chi connectivity index (χ1v) is 8.30. The Bertz CT molecular complexity index is 411. The van der Waals surface area contributed by atoms with Gasteiger partial charge in [0, 0.05) is 28.3 Å². The maximum atomic E-state index is 10.8. The highest BCUT2D eigenvalue weighted by atomic mass is 79.9. The molecule has 112 valence electrons. The minimum atomic E-state index is -0.357. The van der Waals surface area contributed by atoms with Crippen LogP contribution >= 0.6 is 15.9 Å². The average molecular weight is 341 g/mol. The lowest BCUT2D eigenvalue weighted by molar-refractivity contribution is -0.0179. The second-order valence-corrected chi connectivity index (χ2v) is 7.02. The molecular formula is C16H25BrN2O. The summed E-state index contributed by atoms with van der Waals surface area (Å²) >= 11 is 3.40. The third-order valence-electron chi connectivity index (χ3n) is 4.67. The van der Waals surface area contributed by atoms with Crippen molar-refractivity contribution in [2.24, 2.45) is 0 Å². The lowest BCUT2D eigenvalue weighted by Gasteiger charge is -2.43. The van der Waals surface area contributed by atoms with Crippen LogP contribution in [0.2, 0.25) is 0 Å². The molecular weight excluding hydrogens is 316 g/mol. The highest BCUT2D eigenvalue weighted by Gasteiger charge is 2.40. The number of aliphatic hydroxyl groups excluding tert-OH is 1. The highest BCUT2D eigenvalue weighted by molar-refractivity contribution is 9.10. The van der Waals surface area contributed by atoms with Crippen LogP contribution < -0.4 is 0 Å². The van der Waals surface area contributed by atoms with E-state index < -0.39 is 0 Å². The van der Waals surface area contributed by atoms with Crippen molar-refractivity contribution in [3.8, 4) is 0 Å². The lowest BCUT2D eigenvalue weighted by Crippen LogP contribution is -2.54. The van der Waals surface area contributed by atoms with Crippen LogP contribution in [0.25, 0.3) is 0 Å². The summed E-state index contributed by atoms with van der Waals surface area (Å²) in [6.45, 7) is 0. The summed E-state index contributed by atoms with van der Waals surface area (Å²) in [4.78, 5) is 6.64. The van der Waals surface area contributed by atoms with Crippen LogP contribution in [0.15, 0.2) is 22.8 Å². The van der Waals surface area contributed by atoms with E-state index in [4.69, 9.17) is 0 Å². The van der Waals surface area contributed by atoms with Crippen LogP contribution in [0, 0.1) is 0 Å². The van der Waals surface area contributed by atoms with E-state index in [1.165, 1.54) is 25.7 Å². The van der Waals surface area contributed by atoms with E-state index in [0.29, 0.717) is 6.42 Å². The van der Waals surface area contributed by atoms with E-state index >= 15 is 0 Å². The summed E-state index contributed by atoms with van der Waals surface area (Å²) in [7, 11) is 4.20. The van der Waals surface area contributed by atoms with Crippen molar-refractivity contribution in [2.75, 3.05) is 14.1 Å². The molecule has 2 rings (SSSR count). The van der Waals surface area contributed by atoms with Gasteiger partial charge in [0.1, 0.15) is 0 Å². The Labute approximate surface area is 130 Å². The predicted octanol–water partition coefficient (Wildman–Crippen LogP) is 3.40. The molecule has 0 spiro atoms.